The number of carbonyl (C=O) groups excluding carboxylic acids is 1. The smallest absolute Gasteiger partial charge is 0.269 e. The summed E-state index contributed by atoms with van der Waals surface area (Å²) in [5, 5.41) is 1.91. The largest absolute Gasteiger partial charge is 0.371 e. The van der Waals surface area contributed by atoms with Crippen molar-refractivity contribution in [3.63, 3.8) is 0 Å². The number of pyridine rings is 1. The number of sulfonamides is 1. The molecule has 0 aliphatic carbocycles. The molecule has 1 atom stereocenters. The standard InChI is InChI=1S/C26H29ClN4O6S2/c1-38(33,34)37-26-25(32)30(18-19-8-12-29(13-9-19)23-6-10-28-11-7-23)14-15-31(26)39(35,36)24-5-3-20-16-22(27)4-2-21(20)17-24/h2-7,10-11,16-17,19,26H,8-9,12-15,18H2,1H3. The monoisotopic (exact) mass is 592 g/mol. The van der Waals surface area contributed by atoms with Crippen LogP contribution in [0.15, 0.2) is 65.8 Å². The molecule has 0 radical (unpaired) electrons. The second-order valence-electron chi connectivity index (χ2n) is 9.84. The van der Waals surface area contributed by atoms with Crippen LogP contribution in [0, 0.1) is 5.92 Å². The van der Waals surface area contributed by atoms with Crippen LogP contribution in [-0.4, -0.2) is 82.1 Å². The van der Waals surface area contributed by atoms with Gasteiger partial charge >= 0.3 is 0 Å². The van der Waals surface area contributed by atoms with E-state index in [4.69, 9.17) is 15.8 Å². The SMILES string of the molecule is CS(=O)(=O)OC1C(=O)N(CC2CCN(c3ccncc3)CC2)CCN1S(=O)(=O)c1ccc2cc(Cl)ccc2c1. The molecule has 1 aromatic heterocycles. The van der Waals surface area contributed by atoms with Crippen LogP contribution in [0.3, 0.4) is 0 Å². The number of amides is 1. The number of piperazine rings is 1. The van der Waals surface area contributed by atoms with Crippen molar-refractivity contribution in [3.05, 3.63) is 65.9 Å². The number of fused-ring (bicyclic) bond motifs is 1. The Kier molecular flexibility index (Phi) is 7.84. The molecule has 2 aliphatic heterocycles. The topological polar surface area (TPSA) is 117 Å². The number of hydrogen-bond donors (Lipinski definition) is 0. The Labute approximate surface area is 233 Å². The molecular weight excluding hydrogens is 564 g/mol. The van der Waals surface area contributed by atoms with E-state index in [2.05, 4.69) is 9.88 Å². The molecule has 2 saturated heterocycles. The third-order valence-corrected chi connectivity index (χ3v) is 9.75. The van der Waals surface area contributed by atoms with Gasteiger partial charge in [0.2, 0.25) is 16.3 Å². The lowest BCUT2D eigenvalue weighted by molar-refractivity contribution is -0.149. The number of aromatic nitrogens is 1. The van der Waals surface area contributed by atoms with Gasteiger partial charge in [0.15, 0.2) is 0 Å². The highest BCUT2D eigenvalue weighted by molar-refractivity contribution is 7.89. The first-order chi connectivity index (χ1) is 18.5. The first-order valence-corrected chi connectivity index (χ1v) is 16.2. The van der Waals surface area contributed by atoms with Gasteiger partial charge in [-0.05, 0) is 65.9 Å². The number of halogens is 1. The Hall–Kier alpha value is -2.77. The summed E-state index contributed by atoms with van der Waals surface area (Å²) in [6, 6.07) is 13.5. The molecule has 1 amide bonds. The van der Waals surface area contributed by atoms with Crippen molar-refractivity contribution < 1.29 is 25.8 Å². The van der Waals surface area contributed by atoms with Crippen LogP contribution in [0.5, 0.6) is 0 Å². The third-order valence-electron chi connectivity index (χ3n) is 7.14. The van der Waals surface area contributed by atoms with Crippen LogP contribution in [-0.2, 0) is 29.1 Å². The minimum atomic E-state index is -4.26. The van der Waals surface area contributed by atoms with E-state index in [1.165, 1.54) is 17.0 Å². The average Bonchev–Trinajstić information content (AvgIpc) is 2.90. The molecule has 39 heavy (non-hydrogen) atoms. The Bertz CT molecular complexity index is 1580. The Morgan fingerprint density at radius 1 is 0.923 bits per heavy atom. The van der Waals surface area contributed by atoms with E-state index in [0.29, 0.717) is 17.0 Å². The van der Waals surface area contributed by atoms with Gasteiger partial charge in [0.1, 0.15) is 0 Å². The first-order valence-electron chi connectivity index (χ1n) is 12.5. The van der Waals surface area contributed by atoms with Gasteiger partial charge in [-0.25, -0.2) is 12.6 Å². The van der Waals surface area contributed by atoms with E-state index in [-0.39, 0.29) is 23.9 Å². The molecular formula is C26H29ClN4O6S2. The van der Waals surface area contributed by atoms with E-state index < -0.39 is 32.3 Å². The summed E-state index contributed by atoms with van der Waals surface area (Å²) in [4.78, 5) is 21.3. The van der Waals surface area contributed by atoms with Gasteiger partial charge in [-0.1, -0.05) is 23.7 Å². The molecule has 3 heterocycles. The number of nitrogens with zero attached hydrogens (tertiary/aromatic N) is 4. The number of hydrogen-bond acceptors (Lipinski definition) is 8. The fraction of sp³-hybridized carbons (Fsp3) is 0.385. The number of benzene rings is 2. The zero-order valence-corrected chi connectivity index (χ0v) is 23.7. The molecule has 1 unspecified atom stereocenters. The third kappa shape index (κ3) is 6.20. The predicted octanol–water partition coefficient (Wildman–Crippen LogP) is 2.94. The zero-order valence-electron chi connectivity index (χ0n) is 21.3. The maximum absolute atomic E-state index is 13.7. The quantitative estimate of drug-likeness (QED) is 0.384. The normalized spacial score (nSPS) is 20.1. The van der Waals surface area contributed by atoms with E-state index >= 15 is 0 Å². The maximum atomic E-state index is 13.7. The Balaban J connectivity index is 1.33. The lowest BCUT2D eigenvalue weighted by atomic mass is 9.95. The molecule has 5 rings (SSSR count). The highest BCUT2D eigenvalue weighted by Gasteiger charge is 2.45. The van der Waals surface area contributed by atoms with Crippen molar-refractivity contribution in [2.45, 2.75) is 24.0 Å². The molecule has 2 aliphatic rings. The Morgan fingerprint density at radius 3 is 2.28 bits per heavy atom. The van der Waals surface area contributed by atoms with Crippen LogP contribution < -0.4 is 4.90 Å². The van der Waals surface area contributed by atoms with E-state index in [0.717, 1.165) is 47.6 Å². The van der Waals surface area contributed by atoms with Crippen molar-refractivity contribution in [1.82, 2.24) is 14.2 Å². The van der Waals surface area contributed by atoms with Crippen LogP contribution in [0.25, 0.3) is 10.8 Å². The van der Waals surface area contributed by atoms with Crippen molar-refractivity contribution in [2.75, 3.05) is 43.9 Å². The Morgan fingerprint density at radius 2 is 1.59 bits per heavy atom. The number of rotatable bonds is 7. The minimum Gasteiger partial charge on any atom is -0.371 e. The molecule has 208 valence electrons. The molecule has 0 saturated carbocycles. The lowest BCUT2D eigenvalue weighted by Crippen LogP contribution is -2.60. The fourth-order valence-corrected chi connectivity index (χ4v) is 7.39. The molecule has 0 N–H and O–H groups in total. The number of piperidine rings is 1. The van der Waals surface area contributed by atoms with Crippen LogP contribution in [0.4, 0.5) is 5.69 Å². The maximum Gasteiger partial charge on any atom is 0.269 e. The van der Waals surface area contributed by atoms with E-state index in [1.807, 2.05) is 12.1 Å². The van der Waals surface area contributed by atoms with Crippen molar-refractivity contribution >= 4 is 54.1 Å². The fourth-order valence-electron chi connectivity index (χ4n) is 5.14. The van der Waals surface area contributed by atoms with Crippen molar-refractivity contribution in [3.8, 4) is 0 Å². The summed E-state index contributed by atoms with van der Waals surface area (Å²) in [5.41, 5.74) is 1.09. The number of anilines is 1. The molecule has 10 nitrogen and oxygen atoms in total. The molecule has 3 aromatic rings. The van der Waals surface area contributed by atoms with Gasteiger partial charge < -0.3 is 9.80 Å². The van der Waals surface area contributed by atoms with Gasteiger partial charge in [-0.15, -0.1) is 0 Å². The van der Waals surface area contributed by atoms with Gasteiger partial charge in [0.05, 0.1) is 11.2 Å². The second-order valence-corrected chi connectivity index (χ2v) is 13.8. The van der Waals surface area contributed by atoms with Crippen molar-refractivity contribution in [2.24, 2.45) is 5.92 Å². The summed E-state index contributed by atoms with van der Waals surface area (Å²) >= 11 is 6.04. The van der Waals surface area contributed by atoms with Crippen molar-refractivity contribution in [1.29, 1.82) is 0 Å². The van der Waals surface area contributed by atoms with Crippen LogP contribution in [0.1, 0.15) is 12.8 Å². The number of carbonyl (C=O) groups is 1. The summed E-state index contributed by atoms with van der Waals surface area (Å²) in [7, 11) is -8.41. The van der Waals surface area contributed by atoms with E-state index in [9.17, 15) is 21.6 Å². The summed E-state index contributed by atoms with van der Waals surface area (Å²) in [6.07, 6.45) is 4.18. The average molecular weight is 593 g/mol. The first kappa shape index (κ1) is 27.8. The highest BCUT2D eigenvalue weighted by Crippen LogP contribution is 2.29. The van der Waals surface area contributed by atoms with Crippen LogP contribution >= 0.6 is 11.6 Å². The van der Waals surface area contributed by atoms with Gasteiger partial charge in [0, 0.05) is 55.8 Å². The molecule has 0 bridgehead atoms. The molecule has 2 fully saturated rings. The van der Waals surface area contributed by atoms with Crippen LogP contribution in [0.2, 0.25) is 5.02 Å². The summed E-state index contributed by atoms with van der Waals surface area (Å²) in [5.74, 6) is -0.485. The summed E-state index contributed by atoms with van der Waals surface area (Å²) in [6.45, 7) is 2.07. The molecule has 2 aromatic carbocycles. The summed E-state index contributed by atoms with van der Waals surface area (Å²) < 4.78 is 57.4. The molecule has 13 heteroatoms. The van der Waals surface area contributed by atoms with Gasteiger partial charge in [-0.2, -0.15) is 12.7 Å². The lowest BCUT2D eigenvalue weighted by Gasteiger charge is -2.41. The highest BCUT2D eigenvalue weighted by atomic mass is 35.5. The van der Waals surface area contributed by atoms with Gasteiger partial charge in [-0.3, -0.25) is 9.78 Å². The zero-order chi connectivity index (χ0) is 27.8. The second kappa shape index (κ2) is 11.0. The van der Waals surface area contributed by atoms with E-state index in [1.54, 1.807) is 36.7 Å². The predicted molar refractivity (Wildman–Crippen MR) is 148 cm³/mol. The molecule has 0 spiro atoms. The minimum absolute atomic E-state index is 0.0656. The van der Waals surface area contributed by atoms with Gasteiger partial charge in [0.25, 0.3) is 16.0 Å².